The van der Waals surface area contributed by atoms with Crippen LogP contribution in [0.2, 0.25) is 0 Å². The topological polar surface area (TPSA) is 49.3 Å². The summed E-state index contributed by atoms with van der Waals surface area (Å²) < 4.78 is 0. The van der Waals surface area contributed by atoms with Gasteiger partial charge in [0.2, 0.25) is 5.91 Å². The second-order valence-electron chi connectivity index (χ2n) is 4.70. The molecule has 1 unspecified atom stereocenters. The van der Waals surface area contributed by atoms with Crippen LogP contribution in [0.5, 0.6) is 0 Å². The van der Waals surface area contributed by atoms with Gasteiger partial charge in [0.1, 0.15) is 0 Å². The fourth-order valence-electron chi connectivity index (χ4n) is 1.18. The third-order valence-electron chi connectivity index (χ3n) is 2.86. The van der Waals surface area contributed by atoms with E-state index in [1.165, 1.54) is 0 Å². The lowest BCUT2D eigenvalue weighted by molar-refractivity contribution is -0.124. The molecule has 1 aliphatic rings. The number of amides is 1. The fourth-order valence-corrected chi connectivity index (χ4v) is 1.18. The van der Waals surface area contributed by atoms with Gasteiger partial charge in [-0.1, -0.05) is 6.92 Å². The van der Waals surface area contributed by atoms with Crippen molar-refractivity contribution in [2.45, 2.75) is 45.8 Å². The molecule has 1 amide bonds. The third kappa shape index (κ3) is 2.69. The van der Waals surface area contributed by atoms with Crippen molar-refractivity contribution in [1.29, 1.82) is 0 Å². The summed E-state index contributed by atoms with van der Waals surface area (Å²) in [4.78, 5) is 11.5. The van der Waals surface area contributed by atoms with Crippen LogP contribution in [0.4, 0.5) is 0 Å². The van der Waals surface area contributed by atoms with Gasteiger partial charge in [0.15, 0.2) is 0 Å². The molecule has 13 heavy (non-hydrogen) atoms. The highest BCUT2D eigenvalue weighted by Gasteiger charge is 2.40. The highest BCUT2D eigenvalue weighted by atomic mass is 16.3. The fraction of sp³-hybridized carbons (Fsp3) is 0.900. The summed E-state index contributed by atoms with van der Waals surface area (Å²) >= 11 is 0. The molecule has 3 nitrogen and oxygen atoms in total. The van der Waals surface area contributed by atoms with E-state index in [4.69, 9.17) is 0 Å². The minimum absolute atomic E-state index is 0.0853. The van der Waals surface area contributed by atoms with Gasteiger partial charge in [0.25, 0.3) is 0 Å². The molecule has 1 rings (SSSR count). The standard InChI is InChI=1S/C10H19NO2/c1-6-5-8(6)9(12)11-7(2)10(3,4)13/h6-8,13H,5H2,1-4H3,(H,11,12)/t6-,7?,8-/m1/s1. The van der Waals surface area contributed by atoms with Crippen molar-refractivity contribution in [3.8, 4) is 0 Å². The van der Waals surface area contributed by atoms with Gasteiger partial charge < -0.3 is 10.4 Å². The van der Waals surface area contributed by atoms with Gasteiger partial charge >= 0.3 is 0 Å². The SMILES string of the molecule is CC(NC(=O)[C@@H]1C[C@H]1C)C(C)(C)O. The van der Waals surface area contributed by atoms with E-state index in [0.717, 1.165) is 6.42 Å². The van der Waals surface area contributed by atoms with E-state index >= 15 is 0 Å². The maximum atomic E-state index is 11.5. The monoisotopic (exact) mass is 185 g/mol. The normalized spacial score (nSPS) is 29.6. The molecular formula is C10H19NO2. The van der Waals surface area contributed by atoms with Gasteiger partial charge in [-0.25, -0.2) is 0 Å². The Bertz CT molecular complexity index is 207. The van der Waals surface area contributed by atoms with Crippen LogP contribution >= 0.6 is 0 Å². The van der Waals surface area contributed by atoms with Crippen molar-refractivity contribution >= 4 is 5.91 Å². The Kier molecular flexibility index (Phi) is 2.66. The van der Waals surface area contributed by atoms with Gasteiger partial charge in [-0.05, 0) is 33.1 Å². The summed E-state index contributed by atoms with van der Waals surface area (Å²) in [5, 5.41) is 12.4. The Hall–Kier alpha value is -0.570. The average Bonchev–Trinajstić information content (AvgIpc) is 2.64. The van der Waals surface area contributed by atoms with Crippen LogP contribution in [0, 0.1) is 11.8 Å². The number of aliphatic hydroxyl groups is 1. The lowest BCUT2D eigenvalue weighted by Gasteiger charge is -2.26. The summed E-state index contributed by atoms with van der Waals surface area (Å²) in [5.41, 5.74) is -0.839. The maximum Gasteiger partial charge on any atom is 0.223 e. The number of nitrogens with one attached hydrogen (secondary N) is 1. The zero-order valence-electron chi connectivity index (χ0n) is 8.79. The van der Waals surface area contributed by atoms with Crippen LogP contribution in [0.3, 0.4) is 0 Å². The first-order valence-corrected chi connectivity index (χ1v) is 4.85. The molecule has 76 valence electrons. The largest absolute Gasteiger partial charge is 0.388 e. The van der Waals surface area contributed by atoms with Crippen LogP contribution in [0.25, 0.3) is 0 Å². The Morgan fingerprint density at radius 3 is 2.38 bits per heavy atom. The molecule has 1 fully saturated rings. The molecule has 0 aromatic rings. The van der Waals surface area contributed by atoms with Crippen molar-refractivity contribution in [2.24, 2.45) is 11.8 Å². The summed E-state index contributed by atoms with van der Waals surface area (Å²) in [7, 11) is 0. The molecule has 3 heteroatoms. The molecule has 2 N–H and O–H groups in total. The van der Waals surface area contributed by atoms with E-state index in [1.807, 2.05) is 6.92 Å². The molecule has 1 aliphatic carbocycles. The second-order valence-corrected chi connectivity index (χ2v) is 4.70. The average molecular weight is 185 g/mol. The third-order valence-corrected chi connectivity index (χ3v) is 2.86. The van der Waals surface area contributed by atoms with Gasteiger partial charge in [-0.2, -0.15) is 0 Å². The van der Waals surface area contributed by atoms with Crippen molar-refractivity contribution in [3.63, 3.8) is 0 Å². The Morgan fingerprint density at radius 1 is 1.62 bits per heavy atom. The first-order valence-electron chi connectivity index (χ1n) is 4.85. The molecule has 0 aliphatic heterocycles. The van der Waals surface area contributed by atoms with E-state index in [2.05, 4.69) is 12.2 Å². The van der Waals surface area contributed by atoms with E-state index < -0.39 is 5.60 Å². The van der Waals surface area contributed by atoms with Crippen LogP contribution in [0.15, 0.2) is 0 Å². The zero-order chi connectivity index (χ0) is 10.2. The number of carbonyl (C=O) groups is 1. The van der Waals surface area contributed by atoms with Crippen molar-refractivity contribution in [2.75, 3.05) is 0 Å². The van der Waals surface area contributed by atoms with Crippen LogP contribution in [-0.4, -0.2) is 22.7 Å². The second kappa shape index (κ2) is 3.29. The first kappa shape index (κ1) is 10.5. The predicted molar refractivity (Wildman–Crippen MR) is 51.2 cm³/mol. The Morgan fingerprint density at radius 2 is 2.08 bits per heavy atom. The van der Waals surface area contributed by atoms with Gasteiger partial charge in [0.05, 0.1) is 11.6 Å². The van der Waals surface area contributed by atoms with Gasteiger partial charge in [-0.3, -0.25) is 4.79 Å². The van der Waals surface area contributed by atoms with Crippen molar-refractivity contribution < 1.29 is 9.90 Å². The van der Waals surface area contributed by atoms with Crippen LogP contribution < -0.4 is 5.32 Å². The van der Waals surface area contributed by atoms with E-state index in [0.29, 0.717) is 5.92 Å². The minimum atomic E-state index is -0.839. The highest BCUT2D eigenvalue weighted by Crippen LogP contribution is 2.37. The predicted octanol–water partition coefficient (Wildman–Crippen LogP) is 0.918. The van der Waals surface area contributed by atoms with Crippen LogP contribution in [0.1, 0.15) is 34.1 Å². The van der Waals surface area contributed by atoms with Gasteiger partial charge in [0, 0.05) is 5.92 Å². The quantitative estimate of drug-likeness (QED) is 0.687. The molecule has 0 aromatic carbocycles. The Labute approximate surface area is 79.5 Å². The number of rotatable bonds is 3. The maximum absolute atomic E-state index is 11.5. The first-order chi connectivity index (χ1) is 5.82. The minimum Gasteiger partial charge on any atom is -0.388 e. The van der Waals surface area contributed by atoms with E-state index in [-0.39, 0.29) is 17.9 Å². The molecular weight excluding hydrogens is 166 g/mol. The Balaban J connectivity index is 2.36. The number of hydrogen-bond donors (Lipinski definition) is 2. The number of hydrogen-bond acceptors (Lipinski definition) is 2. The van der Waals surface area contributed by atoms with Gasteiger partial charge in [-0.15, -0.1) is 0 Å². The lowest BCUT2D eigenvalue weighted by Crippen LogP contribution is -2.47. The molecule has 0 spiro atoms. The molecule has 0 heterocycles. The smallest absolute Gasteiger partial charge is 0.223 e. The summed E-state index contributed by atoms with van der Waals surface area (Å²) in [6.07, 6.45) is 0.990. The molecule has 0 bridgehead atoms. The summed E-state index contributed by atoms with van der Waals surface area (Å²) in [6, 6.07) is -0.187. The molecule has 1 saturated carbocycles. The van der Waals surface area contributed by atoms with Crippen molar-refractivity contribution in [1.82, 2.24) is 5.32 Å². The summed E-state index contributed by atoms with van der Waals surface area (Å²) in [6.45, 7) is 7.30. The van der Waals surface area contributed by atoms with E-state index in [9.17, 15) is 9.90 Å². The van der Waals surface area contributed by atoms with E-state index in [1.54, 1.807) is 13.8 Å². The molecule has 0 aromatic heterocycles. The lowest BCUT2D eigenvalue weighted by atomic mass is 10.0. The molecule has 3 atom stereocenters. The van der Waals surface area contributed by atoms with Crippen LogP contribution in [-0.2, 0) is 4.79 Å². The molecule has 0 radical (unpaired) electrons. The zero-order valence-corrected chi connectivity index (χ0v) is 8.79. The summed E-state index contributed by atoms with van der Waals surface area (Å²) in [5.74, 6) is 0.793. The van der Waals surface area contributed by atoms with Crippen molar-refractivity contribution in [3.05, 3.63) is 0 Å². The number of carbonyl (C=O) groups excluding carboxylic acids is 1. The highest BCUT2D eigenvalue weighted by molar-refractivity contribution is 5.81. The molecule has 0 saturated heterocycles.